The highest BCUT2D eigenvalue weighted by Crippen LogP contribution is 2.16. The molecule has 126 valence electrons. The van der Waals surface area contributed by atoms with E-state index in [9.17, 15) is 9.59 Å². The number of methoxy groups -OCH3 is 1. The second-order valence-electron chi connectivity index (χ2n) is 5.57. The van der Waals surface area contributed by atoms with Crippen LogP contribution in [-0.4, -0.2) is 13.0 Å². The first-order valence-electron chi connectivity index (χ1n) is 7.72. The lowest BCUT2D eigenvalue weighted by Gasteiger charge is -2.04. The molecule has 3 rings (SSSR count). The maximum atomic E-state index is 12.5. The molecule has 2 aromatic carbocycles. The fourth-order valence-electron chi connectivity index (χ4n) is 2.40. The molecule has 0 bridgehead atoms. The van der Waals surface area contributed by atoms with E-state index in [1.54, 1.807) is 43.5 Å². The number of benzene rings is 2. The van der Waals surface area contributed by atoms with Gasteiger partial charge in [0.05, 0.1) is 18.1 Å². The predicted molar refractivity (Wildman–Crippen MR) is 97.9 cm³/mol. The Balaban J connectivity index is 1.78. The summed E-state index contributed by atoms with van der Waals surface area (Å²) in [5.74, 6) is 0.367. The van der Waals surface area contributed by atoms with Crippen molar-refractivity contribution in [2.45, 2.75) is 6.92 Å². The van der Waals surface area contributed by atoms with Crippen LogP contribution < -0.4 is 15.5 Å². The van der Waals surface area contributed by atoms with Crippen LogP contribution in [0.2, 0.25) is 0 Å². The summed E-state index contributed by atoms with van der Waals surface area (Å²) >= 11 is 0. The molecular formula is C20H17NO4. The maximum absolute atomic E-state index is 12.5. The van der Waals surface area contributed by atoms with E-state index in [1.165, 1.54) is 18.4 Å². The highest BCUT2D eigenvalue weighted by molar-refractivity contribution is 6.02. The van der Waals surface area contributed by atoms with Gasteiger partial charge in [0.25, 0.3) is 0 Å². The lowest BCUT2D eigenvalue weighted by Crippen LogP contribution is -2.09. The quantitative estimate of drug-likeness (QED) is 0.737. The first-order chi connectivity index (χ1) is 12.1. The topological polar surface area (TPSA) is 68.5 Å². The fourth-order valence-corrected chi connectivity index (χ4v) is 2.40. The van der Waals surface area contributed by atoms with Gasteiger partial charge in [0.15, 0.2) is 5.43 Å². The Morgan fingerprint density at radius 3 is 2.64 bits per heavy atom. The molecule has 3 aromatic rings. The molecule has 5 heteroatoms. The van der Waals surface area contributed by atoms with Gasteiger partial charge in [-0.3, -0.25) is 9.59 Å². The van der Waals surface area contributed by atoms with Gasteiger partial charge < -0.3 is 14.5 Å². The standard InChI is InChI=1S/C20H17NO4/c1-13-3-9-18-17(11-13)20(23)14(12-25-18)4-10-19(22)21-15-5-7-16(24-2)8-6-15/h3-12H,1-2H3,(H,21,22)/b10-4+. The van der Waals surface area contributed by atoms with E-state index < -0.39 is 0 Å². The van der Waals surface area contributed by atoms with Crippen LogP contribution in [0.5, 0.6) is 5.75 Å². The Hall–Kier alpha value is -3.34. The number of anilines is 1. The van der Waals surface area contributed by atoms with Crippen molar-refractivity contribution in [2.75, 3.05) is 12.4 Å². The van der Waals surface area contributed by atoms with Crippen molar-refractivity contribution in [3.05, 3.63) is 76.2 Å². The van der Waals surface area contributed by atoms with E-state index in [0.29, 0.717) is 28.0 Å². The maximum Gasteiger partial charge on any atom is 0.248 e. The third-order valence-corrected chi connectivity index (χ3v) is 3.73. The van der Waals surface area contributed by atoms with Crippen LogP contribution in [-0.2, 0) is 4.79 Å². The van der Waals surface area contributed by atoms with Gasteiger partial charge in [-0.05, 0) is 49.4 Å². The van der Waals surface area contributed by atoms with Gasteiger partial charge in [0.2, 0.25) is 5.91 Å². The molecule has 0 aliphatic heterocycles. The van der Waals surface area contributed by atoms with Crippen molar-refractivity contribution in [3.63, 3.8) is 0 Å². The van der Waals surface area contributed by atoms with E-state index in [4.69, 9.17) is 9.15 Å². The molecule has 0 aliphatic carbocycles. The van der Waals surface area contributed by atoms with Crippen LogP contribution in [0.25, 0.3) is 17.0 Å². The molecule has 0 atom stereocenters. The van der Waals surface area contributed by atoms with Crippen LogP contribution in [0.4, 0.5) is 5.69 Å². The molecule has 0 spiro atoms. The lowest BCUT2D eigenvalue weighted by molar-refractivity contribution is -0.111. The molecule has 1 aromatic heterocycles. The number of nitrogens with one attached hydrogen (secondary N) is 1. The lowest BCUT2D eigenvalue weighted by atomic mass is 10.1. The van der Waals surface area contributed by atoms with E-state index >= 15 is 0 Å². The molecule has 0 aliphatic rings. The molecular weight excluding hydrogens is 318 g/mol. The van der Waals surface area contributed by atoms with Crippen molar-refractivity contribution in [3.8, 4) is 5.75 Å². The molecule has 1 amide bonds. The molecule has 0 saturated heterocycles. The normalized spacial score (nSPS) is 11.0. The Bertz CT molecular complexity index is 1000. The van der Waals surface area contributed by atoms with E-state index in [2.05, 4.69) is 5.32 Å². The van der Waals surface area contributed by atoms with Crippen LogP contribution >= 0.6 is 0 Å². The Morgan fingerprint density at radius 2 is 1.92 bits per heavy atom. The summed E-state index contributed by atoms with van der Waals surface area (Å²) in [6.07, 6.45) is 4.11. The van der Waals surface area contributed by atoms with Gasteiger partial charge in [-0.1, -0.05) is 11.6 Å². The number of carbonyl (C=O) groups excluding carboxylic acids is 1. The first-order valence-corrected chi connectivity index (χ1v) is 7.72. The highest BCUT2D eigenvalue weighted by atomic mass is 16.5. The summed E-state index contributed by atoms with van der Waals surface area (Å²) in [6.45, 7) is 1.91. The average molecular weight is 335 g/mol. The third-order valence-electron chi connectivity index (χ3n) is 3.73. The largest absolute Gasteiger partial charge is 0.497 e. The summed E-state index contributed by atoms with van der Waals surface area (Å²) in [5.41, 5.74) is 2.28. The zero-order valence-electron chi connectivity index (χ0n) is 13.9. The summed E-state index contributed by atoms with van der Waals surface area (Å²) in [7, 11) is 1.58. The SMILES string of the molecule is COc1ccc(NC(=O)/C=C/c2coc3ccc(C)cc3c2=O)cc1. The number of hydrogen-bond acceptors (Lipinski definition) is 4. The van der Waals surface area contributed by atoms with Gasteiger partial charge in [-0.25, -0.2) is 0 Å². The first kappa shape index (κ1) is 16.5. The Kier molecular flexibility index (Phi) is 4.66. The number of aryl methyl sites for hydroxylation is 1. The minimum atomic E-state index is -0.339. The zero-order chi connectivity index (χ0) is 17.8. The molecule has 1 heterocycles. The molecule has 0 radical (unpaired) electrons. The summed E-state index contributed by atoms with van der Waals surface area (Å²) in [6, 6.07) is 12.4. The van der Waals surface area contributed by atoms with Crippen molar-refractivity contribution in [1.82, 2.24) is 0 Å². The average Bonchev–Trinajstić information content (AvgIpc) is 2.62. The van der Waals surface area contributed by atoms with Gasteiger partial charge in [-0.15, -0.1) is 0 Å². The number of hydrogen-bond donors (Lipinski definition) is 1. The summed E-state index contributed by atoms with van der Waals surface area (Å²) < 4.78 is 10.5. The van der Waals surface area contributed by atoms with Gasteiger partial charge in [0.1, 0.15) is 17.6 Å². The molecule has 0 saturated carbocycles. The van der Waals surface area contributed by atoms with Crippen LogP contribution in [0, 0.1) is 6.92 Å². The molecule has 5 nitrogen and oxygen atoms in total. The van der Waals surface area contributed by atoms with E-state index in [1.807, 2.05) is 13.0 Å². The van der Waals surface area contributed by atoms with Crippen LogP contribution in [0.1, 0.15) is 11.1 Å². The van der Waals surface area contributed by atoms with Crippen molar-refractivity contribution < 1.29 is 13.9 Å². The van der Waals surface area contributed by atoms with Crippen LogP contribution in [0.15, 0.2) is 64.0 Å². The number of rotatable bonds is 4. The molecule has 25 heavy (non-hydrogen) atoms. The highest BCUT2D eigenvalue weighted by Gasteiger charge is 2.06. The van der Waals surface area contributed by atoms with Gasteiger partial charge in [-0.2, -0.15) is 0 Å². The number of fused-ring (bicyclic) bond motifs is 1. The van der Waals surface area contributed by atoms with E-state index in [0.717, 1.165) is 5.56 Å². The van der Waals surface area contributed by atoms with Gasteiger partial charge >= 0.3 is 0 Å². The monoisotopic (exact) mass is 335 g/mol. The zero-order valence-corrected chi connectivity index (χ0v) is 13.9. The van der Waals surface area contributed by atoms with Crippen molar-refractivity contribution in [1.29, 1.82) is 0 Å². The second-order valence-corrected chi connectivity index (χ2v) is 5.57. The molecule has 0 unspecified atom stereocenters. The fraction of sp³-hybridized carbons (Fsp3) is 0.100. The minimum Gasteiger partial charge on any atom is -0.497 e. The molecule has 0 fully saturated rings. The van der Waals surface area contributed by atoms with Gasteiger partial charge in [0, 0.05) is 11.8 Å². The van der Waals surface area contributed by atoms with E-state index in [-0.39, 0.29) is 11.3 Å². The van der Waals surface area contributed by atoms with Crippen molar-refractivity contribution >= 4 is 28.6 Å². The second kappa shape index (κ2) is 7.05. The number of ether oxygens (including phenoxy) is 1. The molecule has 1 N–H and O–H groups in total. The number of carbonyl (C=O) groups is 1. The Labute approximate surface area is 144 Å². The number of amides is 1. The Morgan fingerprint density at radius 1 is 1.16 bits per heavy atom. The van der Waals surface area contributed by atoms with Crippen LogP contribution in [0.3, 0.4) is 0 Å². The third kappa shape index (κ3) is 3.77. The minimum absolute atomic E-state index is 0.168. The predicted octanol–water partition coefficient (Wildman–Crippen LogP) is 3.76. The summed E-state index contributed by atoms with van der Waals surface area (Å²) in [5, 5.41) is 3.21. The smallest absolute Gasteiger partial charge is 0.248 e. The summed E-state index contributed by atoms with van der Waals surface area (Å²) in [4.78, 5) is 24.5. The van der Waals surface area contributed by atoms with Crippen molar-refractivity contribution in [2.24, 2.45) is 0 Å².